The SMILES string of the molecule is C[C@@H](OC(=O)c1cnn(-c2ccccc2)c1)C(=O)c1ccc2c(c1)NC(=O)CO2. The van der Waals surface area contributed by atoms with Crippen LogP contribution in [-0.4, -0.2) is 40.2 Å². The predicted octanol–water partition coefficient (Wildman–Crippen LogP) is 2.63. The van der Waals surface area contributed by atoms with Crippen molar-refractivity contribution < 1.29 is 23.9 Å². The predicted molar refractivity (Wildman–Crippen MR) is 103 cm³/mol. The molecule has 1 amide bonds. The Morgan fingerprint density at radius 2 is 1.97 bits per heavy atom. The minimum absolute atomic E-state index is 0.0645. The highest BCUT2D eigenvalue weighted by molar-refractivity contribution is 6.03. The Kier molecular flexibility index (Phi) is 4.82. The molecule has 1 N–H and O–H groups in total. The molecule has 146 valence electrons. The maximum Gasteiger partial charge on any atom is 0.342 e. The Labute approximate surface area is 166 Å². The summed E-state index contributed by atoms with van der Waals surface area (Å²) in [5.74, 6) is -0.852. The van der Waals surface area contributed by atoms with Gasteiger partial charge in [-0.3, -0.25) is 9.59 Å². The number of amides is 1. The Hall–Kier alpha value is -3.94. The van der Waals surface area contributed by atoms with Gasteiger partial charge >= 0.3 is 5.97 Å². The van der Waals surface area contributed by atoms with Gasteiger partial charge in [-0.1, -0.05) is 18.2 Å². The second-order valence-electron chi connectivity index (χ2n) is 6.47. The number of anilines is 1. The smallest absolute Gasteiger partial charge is 0.342 e. The number of para-hydroxylation sites is 1. The first kappa shape index (κ1) is 18.4. The lowest BCUT2D eigenvalue weighted by Crippen LogP contribution is -2.27. The average molecular weight is 391 g/mol. The van der Waals surface area contributed by atoms with Gasteiger partial charge in [-0.2, -0.15) is 5.10 Å². The third-order valence-corrected chi connectivity index (χ3v) is 4.39. The van der Waals surface area contributed by atoms with Crippen LogP contribution in [0, 0.1) is 0 Å². The maximum absolute atomic E-state index is 12.7. The molecule has 0 bridgehead atoms. The highest BCUT2D eigenvalue weighted by Gasteiger charge is 2.24. The zero-order chi connectivity index (χ0) is 20.4. The van der Waals surface area contributed by atoms with Gasteiger partial charge in [0.2, 0.25) is 5.78 Å². The van der Waals surface area contributed by atoms with Gasteiger partial charge in [0.25, 0.3) is 5.91 Å². The number of Topliss-reactive ketones (excluding diaryl/α,β-unsaturated/α-hetero) is 1. The molecule has 0 saturated carbocycles. The molecule has 2 aromatic carbocycles. The third kappa shape index (κ3) is 3.86. The molecular formula is C21H17N3O5. The van der Waals surface area contributed by atoms with Gasteiger partial charge in [0.15, 0.2) is 12.7 Å². The number of carbonyl (C=O) groups is 3. The van der Waals surface area contributed by atoms with Crippen LogP contribution in [0.25, 0.3) is 5.69 Å². The standard InChI is InChI=1S/C21H17N3O5/c1-13(20(26)14-7-8-18-17(9-14)23-19(25)12-28-18)29-21(27)15-10-22-24(11-15)16-5-3-2-4-6-16/h2-11,13H,12H2,1H3,(H,23,25)/t13-/m1/s1. The van der Waals surface area contributed by atoms with Crippen molar-refractivity contribution in [3.8, 4) is 11.4 Å². The lowest BCUT2D eigenvalue weighted by atomic mass is 10.1. The van der Waals surface area contributed by atoms with Crippen LogP contribution in [0.2, 0.25) is 0 Å². The van der Waals surface area contributed by atoms with E-state index in [1.54, 1.807) is 23.0 Å². The zero-order valence-corrected chi connectivity index (χ0v) is 15.5. The van der Waals surface area contributed by atoms with Crippen molar-refractivity contribution in [2.24, 2.45) is 0 Å². The first-order valence-electron chi connectivity index (χ1n) is 8.93. The molecule has 0 radical (unpaired) electrons. The van der Waals surface area contributed by atoms with E-state index in [-0.39, 0.29) is 18.1 Å². The topological polar surface area (TPSA) is 99.5 Å². The average Bonchev–Trinajstić information content (AvgIpc) is 3.23. The number of ketones is 1. The van der Waals surface area contributed by atoms with Gasteiger partial charge in [0.05, 0.1) is 23.1 Å². The van der Waals surface area contributed by atoms with Gasteiger partial charge in [0, 0.05) is 11.8 Å². The summed E-state index contributed by atoms with van der Waals surface area (Å²) in [6.07, 6.45) is 1.92. The molecule has 4 rings (SSSR count). The summed E-state index contributed by atoms with van der Waals surface area (Å²) in [6.45, 7) is 1.43. The largest absolute Gasteiger partial charge is 0.482 e. The Bertz CT molecular complexity index is 1090. The molecule has 3 aromatic rings. The van der Waals surface area contributed by atoms with Crippen LogP contribution in [-0.2, 0) is 9.53 Å². The summed E-state index contributed by atoms with van der Waals surface area (Å²) in [5, 5.41) is 6.79. The van der Waals surface area contributed by atoms with E-state index in [1.165, 1.54) is 19.2 Å². The van der Waals surface area contributed by atoms with Crippen LogP contribution in [0.15, 0.2) is 60.9 Å². The fraction of sp³-hybridized carbons (Fsp3) is 0.143. The molecule has 0 unspecified atom stereocenters. The molecule has 0 spiro atoms. The lowest BCUT2D eigenvalue weighted by molar-refractivity contribution is -0.118. The highest BCUT2D eigenvalue weighted by atomic mass is 16.5. The van der Waals surface area contributed by atoms with Crippen LogP contribution >= 0.6 is 0 Å². The third-order valence-electron chi connectivity index (χ3n) is 4.39. The normalized spacial score (nSPS) is 13.6. The first-order valence-corrected chi connectivity index (χ1v) is 8.93. The highest BCUT2D eigenvalue weighted by Crippen LogP contribution is 2.29. The van der Waals surface area contributed by atoms with Crippen LogP contribution in [0.1, 0.15) is 27.6 Å². The summed E-state index contributed by atoms with van der Waals surface area (Å²) < 4.78 is 12.1. The molecule has 1 aliphatic rings. The Balaban J connectivity index is 1.45. The number of ether oxygens (including phenoxy) is 2. The molecule has 8 heteroatoms. The number of esters is 1. The van der Waals surface area contributed by atoms with Crippen molar-refractivity contribution in [3.05, 3.63) is 72.1 Å². The monoisotopic (exact) mass is 391 g/mol. The van der Waals surface area contributed by atoms with E-state index in [4.69, 9.17) is 9.47 Å². The van der Waals surface area contributed by atoms with Gasteiger partial charge in [0.1, 0.15) is 5.75 Å². The molecular weight excluding hydrogens is 374 g/mol. The molecule has 2 heterocycles. The second kappa shape index (κ2) is 7.59. The van der Waals surface area contributed by atoms with Crippen molar-refractivity contribution >= 4 is 23.3 Å². The number of nitrogens with zero attached hydrogens (tertiary/aromatic N) is 2. The van der Waals surface area contributed by atoms with E-state index in [0.29, 0.717) is 17.0 Å². The van der Waals surface area contributed by atoms with Crippen LogP contribution in [0.4, 0.5) is 5.69 Å². The molecule has 1 atom stereocenters. The van der Waals surface area contributed by atoms with Crippen molar-refractivity contribution in [2.75, 3.05) is 11.9 Å². The molecule has 0 aliphatic carbocycles. The Morgan fingerprint density at radius 3 is 2.76 bits per heavy atom. The van der Waals surface area contributed by atoms with E-state index in [2.05, 4.69) is 10.4 Å². The van der Waals surface area contributed by atoms with E-state index in [9.17, 15) is 14.4 Å². The lowest BCUT2D eigenvalue weighted by Gasteiger charge is -2.19. The summed E-state index contributed by atoms with van der Waals surface area (Å²) in [5.41, 5.74) is 1.75. The van der Waals surface area contributed by atoms with Crippen molar-refractivity contribution in [1.29, 1.82) is 0 Å². The summed E-state index contributed by atoms with van der Waals surface area (Å²) >= 11 is 0. The molecule has 0 saturated heterocycles. The number of hydrogen-bond acceptors (Lipinski definition) is 6. The van der Waals surface area contributed by atoms with E-state index in [0.717, 1.165) is 5.69 Å². The van der Waals surface area contributed by atoms with Crippen molar-refractivity contribution in [2.45, 2.75) is 13.0 Å². The molecule has 0 fully saturated rings. The molecule has 8 nitrogen and oxygen atoms in total. The maximum atomic E-state index is 12.7. The number of nitrogens with one attached hydrogen (secondary N) is 1. The number of rotatable bonds is 5. The summed E-state index contributed by atoms with van der Waals surface area (Å²) in [7, 11) is 0. The second-order valence-corrected chi connectivity index (χ2v) is 6.47. The number of aromatic nitrogens is 2. The number of carbonyl (C=O) groups excluding carboxylic acids is 3. The zero-order valence-electron chi connectivity index (χ0n) is 15.5. The van der Waals surface area contributed by atoms with Gasteiger partial charge < -0.3 is 14.8 Å². The van der Waals surface area contributed by atoms with Crippen LogP contribution in [0.5, 0.6) is 5.75 Å². The summed E-state index contributed by atoms with van der Waals surface area (Å²) in [4.78, 5) is 36.5. The number of fused-ring (bicyclic) bond motifs is 1. The minimum Gasteiger partial charge on any atom is -0.482 e. The van der Waals surface area contributed by atoms with Gasteiger partial charge in [-0.15, -0.1) is 0 Å². The fourth-order valence-corrected chi connectivity index (χ4v) is 2.90. The summed E-state index contributed by atoms with van der Waals surface area (Å²) in [6, 6.07) is 14.0. The van der Waals surface area contributed by atoms with E-state index in [1.807, 2.05) is 30.3 Å². The molecule has 29 heavy (non-hydrogen) atoms. The Morgan fingerprint density at radius 1 is 1.17 bits per heavy atom. The van der Waals surface area contributed by atoms with E-state index >= 15 is 0 Å². The van der Waals surface area contributed by atoms with E-state index < -0.39 is 17.9 Å². The van der Waals surface area contributed by atoms with Crippen molar-refractivity contribution in [1.82, 2.24) is 9.78 Å². The number of benzene rings is 2. The molecule has 1 aromatic heterocycles. The molecule has 1 aliphatic heterocycles. The van der Waals surface area contributed by atoms with Gasteiger partial charge in [-0.25, -0.2) is 9.48 Å². The van der Waals surface area contributed by atoms with Crippen molar-refractivity contribution in [3.63, 3.8) is 0 Å². The number of hydrogen-bond donors (Lipinski definition) is 1. The van der Waals surface area contributed by atoms with Gasteiger partial charge in [-0.05, 0) is 37.3 Å². The van der Waals surface area contributed by atoms with Crippen LogP contribution in [0.3, 0.4) is 0 Å². The minimum atomic E-state index is -1.01. The quantitative estimate of drug-likeness (QED) is 0.530. The first-order chi connectivity index (χ1) is 14.0. The van der Waals surface area contributed by atoms with Crippen LogP contribution < -0.4 is 10.1 Å². The fourth-order valence-electron chi connectivity index (χ4n) is 2.90.